The van der Waals surface area contributed by atoms with Crippen molar-refractivity contribution in [1.29, 1.82) is 0 Å². The molecule has 7 heteroatoms. The summed E-state index contributed by atoms with van der Waals surface area (Å²) >= 11 is 14.5. The molecule has 1 N–H and O–H groups in total. The van der Waals surface area contributed by atoms with Gasteiger partial charge < -0.3 is 14.6 Å². The van der Waals surface area contributed by atoms with Gasteiger partial charge in [-0.3, -0.25) is 0 Å². The summed E-state index contributed by atoms with van der Waals surface area (Å²) in [6.07, 6.45) is 6.12. The lowest BCUT2D eigenvalue weighted by molar-refractivity contribution is 0.176. The molecule has 25 heavy (non-hydrogen) atoms. The van der Waals surface area contributed by atoms with Gasteiger partial charge in [0, 0.05) is 5.41 Å². The van der Waals surface area contributed by atoms with Gasteiger partial charge in [-0.15, -0.1) is 0 Å². The lowest BCUT2D eigenvalue weighted by Gasteiger charge is -2.37. The number of allylic oxidation sites excluding steroid dienone is 8. The van der Waals surface area contributed by atoms with Gasteiger partial charge in [-0.1, -0.05) is 56.9 Å². The number of aliphatic hydroxyl groups is 1. The highest BCUT2D eigenvalue weighted by Crippen LogP contribution is 2.48. The molecule has 1 saturated heterocycles. The zero-order valence-electron chi connectivity index (χ0n) is 14.0. The molecule has 3 aliphatic rings. The second-order valence-corrected chi connectivity index (χ2v) is 10.9. The molecule has 0 aromatic carbocycles. The van der Waals surface area contributed by atoms with E-state index in [1.54, 1.807) is 0 Å². The molecule has 1 heterocycles. The lowest BCUT2D eigenvalue weighted by atomic mass is 9.71. The Morgan fingerprint density at radius 3 is 2.20 bits per heavy atom. The third-order valence-electron chi connectivity index (χ3n) is 4.89. The Morgan fingerprint density at radius 2 is 1.68 bits per heavy atom. The average molecular weight is 604 g/mol. The smallest absolute Gasteiger partial charge is 0.124 e. The maximum atomic E-state index is 10.0. The first-order valence-electron chi connectivity index (χ1n) is 8.13. The van der Waals surface area contributed by atoms with Crippen LogP contribution in [0.25, 0.3) is 0 Å². The number of alkyl halides is 2. The van der Waals surface area contributed by atoms with Crippen LogP contribution in [-0.4, -0.2) is 34.1 Å². The summed E-state index contributed by atoms with van der Waals surface area (Å²) in [5.74, 6) is 1.29. The largest absolute Gasteiger partial charge is 0.510 e. The van der Waals surface area contributed by atoms with Crippen LogP contribution in [0, 0.1) is 5.41 Å². The molecular formula is C18H20Br4O3. The summed E-state index contributed by atoms with van der Waals surface area (Å²) in [7, 11) is 0. The van der Waals surface area contributed by atoms with Gasteiger partial charge in [-0.2, -0.15) is 0 Å². The number of halogens is 4. The quantitative estimate of drug-likeness (QED) is 0.293. The number of rotatable bonds is 5. The first-order chi connectivity index (χ1) is 11.7. The monoisotopic (exact) mass is 600 g/mol. The molecule has 0 aromatic heterocycles. The van der Waals surface area contributed by atoms with Crippen molar-refractivity contribution < 1.29 is 14.6 Å². The van der Waals surface area contributed by atoms with Crippen molar-refractivity contribution in [3.8, 4) is 0 Å². The molecule has 0 bridgehead atoms. The number of aliphatic hydroxyl groups excluding tert-OH is 1. The first-order valence-corrected chi connectivity index (χ1v) is 11.5. The van der Waals surface area contributed by atoms with Crippen LogP contribution < -0.4 is 0 Å². The van der Waals surface area contributed by atoms with E-state index in [1.165, 1.54) is 11.1 Å². The number of ether oxygens (including phenoxy) is 2. The van der Waals surface area contributed by atoms with Gasteiger partial charge in [0.1, 0.15) is 24.2 Å². The predicted octanol–water partition coefficient (Wildman–Crippen LogP) is 6.39. The Morgan fingerprint density at radius 1 is 1.12 bits per heavy atom. The third-order valence-corrected chi connectivity index (χ3v) is 7.65. The normalized spacial score (nSPS) is 30.2. The fraction of sp³-hybridized carbons (Fsp3) is 0.556. The zero-order chi connectivity index (χ0) is 18.4. The minimum atomic E-state index is -0.123. The molecular weight excluding hydrogens is 584 g/mol. The van der Waals surface area contributed by atoms with Crippen LogP contribution in [0.3, 0.4) is 0 Å². The number of epoxide rings is 1. The Kier molecular flexibility index (Phi) is 6.31. The highest BCUT2D eigenvalue weighted by Gasteiger charge is 2.36. The van der Waals surface area contributed by atoms with E-state index in [9.17, 15) is 5.11 Å². The molecule has 0 amide bonds. The zero-order valence-corrected chi connectivity index (χ0v) is 20.3. The molecule has 3 unspecified atom stereocenters. The maximum Gasteiger partial charge on any atom is 0.124 e. The Balaban J connectivity index is 1.85. The standard InChI is InChI=1S/C18H20Br4O3/c1-18(2,9-3-12(19)16(23)13(20)4-9)10-5-14(21)17(15(22)6-10)25-8-11-7-24-11/h3,5,11,13,15,23H,4,6-8H2,1-2H3. The molecule has 1 aliphatic heterocycles. The SMILES string of the molecule is CC(C)(C1=CC(Br)=C(O)C(Br)C1)C1=CC(Br)=C(OCC2CO2)C(Br)C1. The van der Waals surface area contributed by atoms with Gasteiger partial charge in [0.2, 0.25) is 0 Å². The number of hydrogen-bond donors (Lipinski definition) is 1. The number of hydrogen-bond acceptors (Lipinski definition) is 3. The second kappa shape index (κ2) is 7.82. The summed E-state index contributed by atoms with van der Waals surface area (Å²) < 4.78 is 12.9. The minimum absolute atomic E-state index is 0.0541. The van der Waals surface area contributed by atoms with Gasteiger partial charge in [-0.05, 0) is 56.9 Å². The van der Waals surface area contributed by atoms with Crippen LogP contribution in [0.2, 0.25) is 0 Å². The molecule has 1 fully saturated rings. The lowest BCUT2D eigenvalue weighted by Crippen LogP contribution is -2.27. The second-order valence-electron chi connectivity index (χ2n) is 7.02. The van der Waals surface area contributed by atoms with E-state index < -0.39 is 0 Å². The van der Waals surface area contributed by atoms with Crippen molar-refractivity contribution in [3.63, 3.8) is 0 Å². The topological polar surface area (TPSA) is 42.0 Å². The fourth-order valence-electron chi connectivity index (χ4n) is 3.03. The van der Waals surface area contributed by atoms with Crippen LogP contribution in [0.4, 0.5) is 0 Å². The Labute approximate surface area is 182 Å². The summed E-state index contributed by atoms with van der Waals surface area (Å²) in [6, 6.07) is 0. The van der Waals surface area contributed by atoms with Gasteiger partial charge >= 0.3 is 0 Å². The van der Waals surface area contributed by atoms with E-state index >= 15 is 0 Å². The van der Waals surface area contributed by atoms with Crippen LogP contribution in [0.15, 0.2) is 43.8 Å². The summed E-state index contributed by atoms with van der Waals surface area (Å²) in [5, 5.41) is 10.0. The van der Waals surface area contributed by atoms with Gasteiger partial charge in [0.25, 0.3) is 0 Å². The highest BCUT2D eigenvalue weighted by atomic mass is 79.9. The van der Waals surface area contributed by atoms with E-state index in [4.69, 9.17) is 9.47 Å². The van der Waals surface area contributed by atoms with E-state index in [-0.39, 0.29) is 21.2 Å². The molecule has 0 radical (unpaired) electrons. The van der Waals surface area contributed by atoms with E-state index in [1.807, 2.05) is 6.08 Å². The van der Waals surface area contributed by atoms with Gasteiger partial charge in [-0.25, -0.2) is 0 Å². The third kappa shape index (κ3) is 4.48. The summed E-state index contributed by atoms with van der Waals surface area (Å²) in [4.78, 5) is 0.0813. The van der Waals surface area contributed by atoms with E-state index in [0.717, 1.165) is 34.2 Å². The van der Waals surface area contributed by atoms with Crippen molar-refractivity contribution in [2.45, 2.75) is 42.4 Å². The van der Waals surface area contributed by atoms with E-state index in [2.05, 4.69) is 83.6 Å². The predicted molar refractivity (Wildman–Crippen MR) is 115 cm³/mol. The molecule has 3 atom stereocenters. The molecule has 0 spiro atoms. The van der Waals surface area contributed by atoms with Gasteiger partial charge in [0.05, 0.1) is 25.2 Å². The maximum absolute atomic E-state index is 10.0. The molecule has 3 nitrogen and oxygen atoms in total. The Hall–Kier alpha value is 0.440. The summed E-state index contributed by atoms with van der Waals surface area (Å²) in [5.41, 5.74) is 2.48. The molecule has 0 saturated carbocycles. The van der Waals surface area contributed by atoms with Crippen molar-refractivity contribution in [2.24, 2.45) is 5.41 Å². The van der Waals surface area contributed by atoms with Crippen molar-refractivity contribution >= 4 is 63.7 Å². The van der Waals surface area contributed by atoms with Gasteiger partial charge in [0.15, 0.2) is 0 Å². The first kappa shape index (κ1) is 20.2. The molecule has 3 rings (SSSR count). The van der Waals surface area contributed by atoms with Crippen molar-refractivity contribution in [1.82, 2.24) is 0 Å². The van der Waals surface area contributed by atoms with Crippen molar-refractivity contribution in [3.05, 3.63) is 43.8 Å². The minimum Gasteiger partial charge on any atom is -0.510 e. The van der Waals surface area contributed by atoms with Crippen molar-refractivity contribution in [2.75, 3.05) is 13.2 Å². The van der Waals surface area contributed by atoms with Crippen LogP contribution in [0.5, 0.6) is 0 Å². The molecule has 138 valence electrons. The van der Waals surface area contributed by atoms with Crippen LogP contribution in [-0.2, 0) is 9.47 Å². The van der Waals surface area contributed by atoms with Crippen LogP contribution >= 0.6 is 63.7 Å². The highest BCUT2D eigenvalue weighted by molar-refractivity contribution is 9.12. The average Bonchev–Trinajstić information content (AvgIpc) is 3.35. The Bertz CT molecular complexity index is 686. The molecule has 0 aromatic rings. The van der Waals surface area contributed by atoms with Crippen LogP contribution in [0.1, 0.15) is 26.7 Å². The summed E-state index contributed by atoms with van der Waals surface area (Å²) in [6.45, 7) is 5.86. The fourth-order valence-corrected chi connectivity index (χ4v) is 6.18. The van der Waals surface area contributed by atoms with E-state index in [0.29, 0.717) is 12.4 Å². The molecule has 2 aliphatic carbocycles.